The van der Waals surface area contributed by atoms with Crippen LogP contribution in [0.4, 0.5) is 5.69 Å². The number of carbonyl (C=O) groups excluding carboxylic acids is 2. The van der Waals surface area contributed by atoms with E-state index in [1.54, 1.807) is 11.3 Å². The van der Waals surface area contributed by atoms with E-state index < -0.39 is 5.41 Å². The number of anilines is 1. The Morgan fingerprint density at radius 1 is 0.915 bits per heavy atom. The highest BCUT2D eigenvalue weighted by Gasteiger charge is 2.54. The molecule has 2 amide bonds. The predicted molar refractivity (Wildman–Crippen MR) is 276 cm³/mol. The van der Waals surface area contributed by atoms with Crippen LogP contribution in [-0.4, -0.2) is 150 Å². The van der Waals surface area contributed by atoms with Gasteiger partial charge in [-0.3, -0.25) is 34.1 Å². The number of fused-ring (bicyclic) bond motifs is 5. The van der Waals surface area contributed by atoms with Crippen molar-refractivity contribution in [2.24, 2.45) is 5.41 Å². The van der Waals surface area contributed by atoms with Gasteiger partial charge >= 0.3 is 0 Å². The van der Waals surface area contributed by atoms with Crippen LogP contribution in [-0.2, 0) is 42.0 Å². The van der Waals surface area contributed by atoms with Crippen LogP contribution in [0.1, 0.15) is 122 Å². The van der Waals surface area contributed by atoms with Crippen molar-refractivity contribution in [1.29, 1.82) is 0 Å². The lowest BCUT2D eigenvalue weighted by molar-refractivity contribution is -0.196. The number of rotatable bonds is 12. The summed E-state index contributed by atoms with van der Waals surface area (Å²) in [6.07, 6.45) is 14.6. The fourth-order valence-electron chi connectivity index (χ4n) is 11.9. The van der Waals surface area contributed by atoms with Gasteiger partial charge in [0.15, 0.2) is 0 Å². The topological polar surface area (TPSA) is 174 Å². The molecule has 7 aliphatic rings. The Morgan fingerprint density at radius 3 is 2.52 bits per heavy atom. The predicted octanol–water partition coefficient (Wildman–Crippen LogP) is 5.37. The molecular weight excluding hydrogens is 915 g/mol. The van der Waals surface area contributed by atoms with Gasteiger partial charge in [-0.05, 0) is 107 Å². The van der Waals surface area contributed by atoms with Crippen LogP contribution in [0.3, 0.4) is 0 Å². The number of hydrogen-bond donors (Lipinski definition) is 2. The lowest BCUT2D eigenvalue weighted by Crippen LogP contribution is -2.61. The van der Waals surface area contributed by atoms with Crippen molar-refractivity contribution in [1.82, 2.24) is 59.6 Å². The Balaban J connectivity index is 0.00000328. The summed E-state index contributed by atoms with van der Waals surface area (Å²) in [7, 11) is 0. The van der Waals surface area contributed by atoms with Crippen molar-refractivity contribution in [3.8, 4) is 11.8 Å². The SMILES string of the molecule is CCc1cc2ncc(CN3CCN(c4ccc(C(=O)N5CCN(CC67CCC(C(=O)NCC#Cc8nc(CN9CCC[C@H]9c9nnc%10n9CCCCC%10)sc8C)(CC6)CO7)CC5)nc4)CC3)cc2[nH]c1=O.[HH].[HH]. The minimum Gasteiger partial charge on any atom is -0.373 e. The Labute approximate surface area is 422 Å². The van der Waals surface area contributed by atoms with Crippen LogP contribution in [0.15, 0.2) is 41.5 Å². The average Bonchev–Trinajstić information content (AvgIpc) is 4.08. The number of nitrogens with one attached hydrogen (secondary N) is 2. The molecule has 18 heteroatoms. The number of aryl methyl sites for hydroxylation is 3. The van der Waals surface area contributed by atoms with Gasteiger partial charge in [-0.15, -0.1) is 21.5 Å². The van der Waals surface area contributed by atoms with Crippen molar-refractivity contribution in [2.45, 2.75) is 116 Å². The summed E-state index contributed by atoms with van der Waals surface area (Å²) in [5.41, 5.74) is 4.91. The second-order valence-corrected chi connectivity index (χ2v) is 22.1. The van der Waals surface area contributed by atoms with E-state index in [0.717, 1.165) is 172 Å². The highest BCUT2D eigenvalue weighted by molar-refractivity contribution is 7.11. The number of likely N-dealkylation sites (tertiary alicyclic amines) is 1. The molecule has 17 nitrogen and oxygen atoms in total. The molecule has 6 aliphatic heterocycles. The fraction of sp³-hybridized carbons (Fsp3) is 0.585. The molecule has 0 aromatic carbocycles. The number of nitrogens with zero attached hydrogens (tertiary/aromatic N) is 11. The van der Waals surface area contributed by atoms with E-state index in [-0.39, 0.29) is 38.4 Å². The number of amides is 2. The van der Waals surface area contributed by atoms with E-state index in [4.69, 9.17) is 9.72 Å². The third-order valence-electron chi connectivity index (χ3n) is 16.3. The van der Waals surface area contributed by atoms with Crippen molar-refractivity contribution < 1.29 is 17.2 Å². The number of hydrogen-bond acceptors (Lipinski definition) is 14. The normalized spacial score (nSPS) is 24.2. The number of H-pyrrole nitrogens is 1. The van der Waals surface area contributed by atoms with Crippen LogP contribution in [0.2, 0.25) is 0 Å². The van der Waals surface area contributed by atoms with Gasteiger partial charge in [-0.1, -0.05) is 19.3 Å². The molecule has 12 rings (SSSR count). The van der Waals surface area contributed by atoms with E-state index >= 15 is 0 Å². The molecule has 1 saturated carbocycles. The molecule has 2 bridgehead atoms. The number of thiazole rings is 1. The molecule has 378 valence electrons. The summed E-state index contributed by atoms with van der Waals surface area (Å²) in [5, 5.41) is 13.5. The molecule has 1 aliphatic carbocycles. The van der Waals surface area contributed by atoms with E-state index in [1.165, 1.54) is 19.3 Å². The van der Waals surface area contributed by atoms with Crippen molar-refractivity contribution in [2.75, 3.05) is 83.5 Å². The third kappa shape index (κ3) is 10.1. The summed E-state index contributed by atoms with van der Waals surface area (Å²) in [6.45, 7) is 15.5. The van der Waals surface area contributed by atoms with Gasteiger partial charge in [0.25, 0.3) is 11.5 Å². The number of aromatic amines is 1. The highest BCUT2D eigenvalue weighted by Crippen LogP contribution is 2.49. The first kappa shape index (κ1) is 47.7. The first-order valence-corrected chi connectivity index (χ1v) is 26.9. The van der Waals surface area contributed by atoms with Crippen molar-refractivity contribution in [3.63, 3.8) is 0 Å². The standard InChI is InChI=1S/C53H67N13O4S.2H2/c1-3-39-30-43-44(58-49(39)67)29-38(31-55-43)33-61-21-25-63(26-22-61)40-12-13-42(56-32-40)50(68)64-27-23-62(24-28-64)35-53-16-14-52(15-17-53,36-70-53)51(69)54-18-7-9-41-37(2)71-47(57-41)34-65-19-8-10-45(65)48-60-59-46-11-5-4-6-20-66(46)48;;/h12-13,29-32,45H,3-6,8,10-11,14-28,33-36H2,1-2H3,(H,54,69)(H,58,67);2*1H/t45-,52?,53?;;/m0../s1. The average molecular weight is 986 g/mol. The van der Waals surface area contributed by atoms with Gasteiger partial charge < -0.3 is 29.4 Å². The zero-order chi connectivity index (χ0) is 48.5. The smallest absolute Gasteiger partial charge is 0.272 e. The second kappa shape index (κ2) is 20.5. The van der Waals surface area contributed by atoms with Crippen molar-refractivity contribution >= 4 is 39.9 Å². The molecule has 0 spiro atoms. The van der Waals surface area contributed by atoms with Gasteiger partial charge in [0, 0.05) is 97.9 Å². The maximum Gasteiger partial charge on any atom is 0.272 e. The van der Waals surface area contributed by atoms with Crippen LogP contribution in [0, 0.1) is 24.2 Å². The molecule has 0 radical (unpaired) electrons. The number of pyridine rings is 3. The molecule has 5 aromatic rings. The number of ether oxygens (including phenoxy) is 1. The molecule has 2 N–H and O–H groups in total. The van der Waals surface area contributed by atoms with Gasteiger partial charge in [0.2, 0.25) is 5.91 Å². The van der Waals surface area contributed by atoms with Gasteiger partial charge in [0.1, 0.15) is 28.0 Å². The summed E-state index contributed by atoms with van der Waals surface area (Å²) in [4.78, 5) is 69.5. The first-order valence-electron chi connectivity index (χ1n) is 26.1. The molecule has 11 heterocycles. The zero-order valence-corrected chi connectivity index (χ0v) is 42.2. The van der Waals surface area contributed by atoms with E-state index in [2.05, 4.69) is 73.4 Å². The Morgan fingerprint density at radius 2 is 1.75 bits per heavy atom. The minimum absolute atomic E-state index is 0. The maximum absolute atomic E-state index is 13.7. The Bertz CT molecular complexity index is 2860. The zero-order valence-electron chi connectivity index (χ0n) is 41.4. The second-order valence-electron chi connectivity index (χ2n) is 20.8. The highest BCUT2D eigenvalue weighted by atomic mass is 32.1. The molecule has 0 unspecified atom stereocenters. The van der Waals surface area contributed by atoms with Gasteiger partial charge in [0.05, 0.1) is 59.7 Å². The Kier molecular flexibility index (Phi) is 13.8. The number of piperazine rings is 2. The van der Waals surface area contributed by atoms with Crippen LogP contribution in [0.5, 0.6) is 0 Å². The van der Waals surface area contributed by atoms with Crippen molar-refractivity contribution in [3.05, 3.63) is 91.1 Å². The van der Waals surface area contributed by atoms with Gasteiger partial charge in [-0.25, -0.2) is 9.97 Å². The monoisotopic (exact) mass is 986 g/mol. The minimum atomic E-state index is -0.510. The quantitative estimate of drug-likeness (QED) is 0.153. The van der Waals surface area contributed by atoms with Gasteiger partial charge in [-0.2, -0.15) is 0 Å². The first-order chi connectivity index (χ1) is 34.6. The molecule has 6 fully saturated rings. The third-order valence-corrected chi connectivity index (χ3v) is 17.2. The number of carbonyl (C=O) groups is 2. The molecular formula is C53H71N13O4S. The van der Waals surface area contributed by atoms with Crippen LogP contribution in [0.25, 0.3) is 11.0 Å². The molecule has 71 heavy (non-hydrogen) atoms. The van der Waals surface area contributed by atoms with E-state index in [9.17, 15) is 14.4 Å². The molecule has 5 aromatic heterocycles. The van der Waals surface area contributed by atoms with E-state index in [1.807, 2.05) is 48.5 Å². The summed E-state index contributed by atoms with van der Waals surface area (Å²) in [6, 6.07) is 8.08. The largest absolute Gasteiger partial charge is 0.373 e. The molecule has 1 atom stereocenters. The summed E-state index contributed by atoms with van der Waals surface area (Å²) >= 11 is 1.71. The molecule has 5 saturated heterocycles. The fourth-order valence-corrected chi connectivity index (χ4v) is 12.8. The van der Waals surface area contributed by atoms with Crippen LogP contribution >= 0.6 is 11.3 Å². The lowest BCUT2D eigenvalue weighted by Gasteiger charge is -2.53. The summed E-state index contributed by atoms with van der Waals surface area (Å²) in [5.74, 6) is 8.72. The van der Waals surface area contributed by atoms with Crippen LogP contribution < -0.4 is 15.8 Å². The van der Waals surface area contributed by atoms with E-state index in [0.29, 0.717) is 31.8 Å². The lowest BCUT2D eigenvalue weighted by atomic mass is 9.65. The summed E-state index contributed by atoms with van der Waals surface area (Å²) < 4.78 is 8.98. The maximum atomic E-state index is 13.7. The Hall–Kier alpha value is -5.58. The number of aromatic nitrogens is 7.